The molecule has 0 aromatic heterocycles. The number of carbonyl (C=O) groups excluding carboxylic acids is 2. The molecule has 0 saturated heterocycles. The van der Waals surface area contributed by atoms with Crippen molar-refractivity contribution < 1.29 is 9.59 Å². The summed E-state index contributed by atoms with van der Waals surface area (Å²) in [5.74, 6) is -0.0483. The number of amides is 2. The topological polar surface area (TPSA) is 92.7 Å². The molecule has 2 aromatic carbocycles. The highest BCUT2D eigenvalue weighted by Gasteiger charge is 2.33. The van der Waals surface area contributed by atoms with Crippen molar-refractivity contribution in [2.45, 2.75) is 75.3 Å². The van der Waals surface area contributed by atoms with Crippen LogP contribution >= 0.6 is 0 Å². The number of hydrogen-bond donors (Lipinski definition) is 2. The van der Waals surface area contributed by atoms with Crippen LogP contribution in [0, 0.1) is 0 Å². The van der Waals surface area contributed by atoms with Crippen LogP contribution in [0.3, 0.4) is 0 Å². The van der Waals surface area contributed by atoms with Crippen molar-refractivity contribution in [2.24, 2.45) is 11.5 Å². The first-order chi connectivity index (χ1) is 17.2. The Bertz CT molecular complexity index is 1080. The van der Waals surface area contributed by atoms with E-state index in [-0.39, 0.29) is 5.91 Å². The van der Waals surface area contributed by atoms with E-state index in [2.05, 4.69) is 44.1 Å². The normalized spacial score (nSPS) is 24.7. The molecule has 36 heavy (non-hydrogen) atoms. The summed E-state index contributed by atoms with van der Waals surface area (Å²) < 4.78 is 0. The lowest BCUT2D eigenvalue weighted by Gasteiger charge is -2.38. The van der Waals surface area contributed by atoms with Crippen molar-refractivity contribution in [3.05, 3.63) is 58.7 Å². The van der Waals surface area contributed by atoms with E-state index >= 15 is 0 Å². The summed E-state index contributed by atoms with van der Waals surface area (Å²) in [7, 11) is 8.65. The maximum Gasteiger partial charge on any atom is 0.248 e. The molecule has 2 amide bonds. The van der Waals surface area contributed by atoms with E-state index in [1.54, 1.807) is 12.1 Å². The predicted molar refractivity (Wildman–Crippen MR) is 146 cm³/mol. The van der Waals surface area contributed by atoms with Crippen LogP contribution in [0.25, 0.3) is 11.1 Å². The fraction of sp³-hybridized carbons (Fsp3) is 0.533. The number of benzene rings is 2. The number of hydrogen-bond acceptors (Lipinski definition) is 4. The van der Waals surface area contributed by atoms with Crippen LogP contribution in [-0.4, -0.2) is 61.9 Å². The SMILES string of the molecule is CN(C)C1CCC(c2c(C(N)=O)ccc(-c3ccc(C(N)=O)cc3)c2C2CCC(N(C)C)CC2)CC1. The number of rotatable bonds is 7. The van der Waals surface area contributed by atoms with Crippen LogP contribution in [-0.2, 0) is 0 Å². The second kappa shape index (κ2) is 11.1. The van der Waals surface area contributed by atoms with Crippen LogP contribution in [0.5, 0.6) is 0 Å². The van der Waals surface area contributed by atoms with Gasteiger partial charge in [-0.15, -0.1) is 0 Å². The Kier molecular flexibility index (Phi) is 8.16. The second-order valence-electron chi connectivity index (χ2n) is 11.2. The molecule has 0 unspecified atom stereocenters. The zero-order valence-corrected chi connectivity index (χ0v) is 22.3. The average Bonchev–Trinajstić information content (AvgIpc) is 2.88. The molecule has 0 heterocycles. The van der Waals surface area contributed by atoms with Gasteiger partial charge in [0.1, 0.15) is 0 Å². The first-order valence-corrected chi connectivity index (χ1v) is 13.4. The van der Waals surface area contributed by atoms with Crippen molar-refractivity contribution in [3.8, 4) is 11.1 Å². The Morgan fingerprint density at radius 2 is 1.11 bits per heavy atom. The van der Waals surface area contributed by atoms with Gasteiger partial charge in [0.25, 0.3) is 0 Å². The molecule has 2 aromatic rings. The molecule has 0 bridgehead atoms. The van der Waals surface area contributed by atoms with Gasteiger partial charge >= 0.3 is 0 Å². The third kappa shape index (κ3) is 5.50. The number of primary amides is 2. The highest BCUT2D eigenvalue weighted by molar-refractivity contribution is 5.96. The molecule has 2 saturated carbocycles. The van der Waals surface area contributed by atoms with Crippen LogP contribution in [0.1, 0.15) is 95.0 Å². The van der Waals surface area contributed by atoms with Gasteiger partial charge in [-0.3, -0.25) is 9.59 Å². The van der Waals surface area contributed by atoms with E-state index in [1.807, 2.05) is 18.2 Å². The van der Waals surface area contributed by atoms with E-state index in [4.69, 9.17) is 11.5 Å². The lowest BCUT2D eigenvalue weighted by molar-refractivity contribution is 0.0990. The molecular weight excluding hydrogens is 448 g/mol. The Labute approximate surface area is 216 Å². The van der Waals surface area contributed by atoms with Gasteiger partial charge in [-0.2, -0.15) is 0 Å². The minimum absolute atomic E-state index is 0.329. The first-order valence-electron chi connectivity index (χ1n) is 13.4. The Balaban J connectivity index is 1.82. The molecule has 0 radical (unpaired) electrons. The average molecular weight is 491 g/mol. The summed E-state index contributed by atoms with van der Waals surface area (Å²) in [6.45, 7) is 0. The van der Waals surface area contributed by atoms with E-state index in [1.165, 1.54) is 11.1 Å². The summed E-state index contributed by atoms with van der Waals surface area (Å²) in [4.78, 5) is 29.1. The molecule has 4 rings (SSSR count). The van der Waals surface area contributed by atoms with E-state index in [0.29, 0.717) is 35.0 Å². The zero-order valence-electron chi connectivity index (χ0n) is 22.3. The fourth-order valence-corrected chi connectivity index (χ4v) is 6.56. The maximum absolute atomic E-state index is 12.7. The highest BCUT2D eigenvalue weighted by Crippen LogP contribution is 2.47. The molecule has 6 heteroatoms. The van der Waals surface area contributed by atoms with Crippen molar-refractivity contribution in [1.29, 1.82) is 0 Å². The molecule has 4 N–H and O–H groups in total. The summed E-state index contributed by atoms with van der Waals surface area (Å²) in [5, 5.41) is 0. The van der Waals surface area contributed by atoms with Gasteiger partial charge < -0.3 is 21.3 Å². The maximum atomic E-state index is 12.7. The monoisotopic (exact) mass is 490 g/mol. The van der Waals surface area contributed by atoms with Crippen LogP contribution in [0.15, 0.2) is 36.4 Å². The Morgan fingerprint density at radius 3 is 1.53 bits per heavy atom. The third-order valence-corrected chi connectivity index (χ3v) is 8.70. The van der Waals surface area contributed by atoms with Crippen molar-refractivity contribution in [3.63, 3.8) is 0 Å². The highest BCUT2D eigenvalue weighted by atomic mass is 16.1. The number of carbonyl (C=O) groups is 2. The number of nitrogens with two attached hydrogens (primary N) is 2. The zero-order chi connectivity index (χ0) is 26.0. The Hall–Kier alpha value is -2.70. The molecule has 2 fully saturated rings. The summed E-state index contributed by atoms with van der Waals surface area (Å²) in [6, 6.07) is 12.8. The van der Waals surface area contributed by atoms with Crippen molar-refractivity contribution in [2.75, 3.05) is 28.2 Å². The largest absolute Gasteiger partial charge is 0.366 e. The minimum Gasteiger partial charge on any atom is -0.366 e. The van der Waals surface area contributed by atoms with Gasteiger partial charge in [0.2, 0.25) is 11.8 Å². The molecule has 2 aliphatic carbocycles. The van der Waals surface area contributed by atoms with Gasteiger partial charge in [-0.25, -0.2) is 0 Å². The third-order valence-electron chi connectivity index (χ3n) is 8.70. The van der Waals surface area contributed by atoms with E-state index in [9.17, 15) is 9.59 Å². The molecule has 0 spiro atoms. The lowest BCUT2D eigenvalue weighted by Crippen LogP contribution is -2.33. The second-order valence-corrected chi connectivity index (χ2v) is 11.2. The molecule has 0 atom stereocenters. The van der Waals surface area contributed by atoms with Crippen LogP contribution < -0.4 is 11.5 Å². The molecule has 2 aliphatic rings. The molecule has 194 valence electrons. The van der Waals surface area contributed by atoms with Crippen molar-refractivity contribution in [1.82, 2.24) is 9.80 Å². The smallest absolute Gasteiger partial charge is 0.248 e. The van der Waals surface area contributed by atoms with Gasteiger partial charge in [-0.1, -0.05) is 18.2 Å². The van der Waals surface area contributed by atoms with Gasteiger partial charge in [-0.05, 0) is 132 Å². The minimum atomic E-state index is -0.425. The summed E-state index contributed by atoms with van der Waals surface area (Å²) in [5.41, 5.74) is 17.4. The first kappa shape index (κ1) is 26.4. The van der Waals surface area contributed by atoms with E-state index < -0.39 is 5.91 Å². The van der Waals surface area contributed by atoms with E-state index in [0.717, 1.165) is 62.5 Å². The van der Waals surface area contributed by atoms with Gasteiger partial charge in [0, 0.05) is 23.2 Å². The summed E-state index contributed by atoms with van der Waals surface area (Å²) >= 11 is 0. The molecular formula is C30H42N4O2. The quantitative estimate of drug-likeness (QED) is 0.587. The molecule has 0 aliphatic heterocycles. The van der Waals surface area contributed by atoms with Crippen molar-refractivity contribution >= 4 is 11.8 Å². The van der Waals surface area contributed by atoms with Crippen LogP contribution in [0.4, 0.5) is 0 Å². The van der Waals surface area contributed by atoms with Crippen LogP contribution in [0.2, 0.25) is 0 Å². The summed E-state index contributed by atoms with van der Waals surface area (Å²) in [6.07, 6.45) is 8.85. The lowest BCUT2D eigenvalue weighted by atomic mass is 9.70. The number of nitrogens with zero attached hydrogens (tertiary/aromatic N) is 2. The van der Waals surface area contributed by atoms with Gasteiger partial charge in [0.15, 0.2) is 0 Å². The predicted octanol–water partition coefficient (Wildman–Crippen LogP) is 4.73. The van der Waals surface area contributed by atoms with Gasteiger partial charge in [0.05, 0.1) is 0 Å². The fourth-order valence-electron chi connectivity index (χ4n) is 6.56. The Morgan fingerprint density at radius 1 is 0.639 bits per heavy atom. The molecule has 6 nitrogen and oxygen atoms in total. The standard InChI is InChI=1S/C30H42N4O2/c1-33(2)23-13-9-20(10-14-23)27-25(19-5-7-22(8-6-19)29(31)35)17-18-26(30(32)36)28(27)21-11-15-24(16-12-21)34(3)4/h5-8,17-18,20-21,23-24H,9-16H2,1-4H3,(H2,31,35)(H2,32,36).